The van der Waals surface area contributed by atoms with Crippen LogP contribution in [-0.2, 0) is 11.3 Å². The molecule has 2 aromatic rings. The smallest absolute Gasteiger partial charge is 0.231 e. The second-order valence-corrected chi connectivity index (χ2v) is 8.06. The Hall–Kier alpha value is -2.60. The lowest BCUT2D eigenvalue weighted by atomic mass is 9.87. The molecule has 1 unspecified atom stereocenters. The van der Waals surface area contributed by atoms with Gasteiger partial charge in [0.25, 0.3) is 0 Å². The Morgan fingerprint density at radius 2 is 1.69 bits per heavy atom. The molecule has 0 aromatic heterocycles. The van der Waals surface area contributed by atoms with Crippen LogP contribution >= 0.6 is 0 Å². The zero-order chi connectivity index (χ0) is 20.4. The van der Waals surface area contributed by atoms with Gasteiger partial charge in [0.2, 0.25) is 12.7 Å². The predicted molar refractivity (Wildman–Crippen MR) is 108 cm³/mol. The Morgan fingerprint density at radius 3 is 2.38 bits per heavy atom. The van der Waals surface area contributed by atoms with Crippen molar-refractivity contribution in [2.45, 2.75) is 26.3 Å². The minimum absolute atomic E-state index is 0.134. The van der Waals surface area contributed by atoms with Crippen molar-refractivity contribution in [1.82, 2.24) is 9.80 Å². The third-order valence-electron chi connectivity index (χ3n) is 5.69. The molecule has 2 aromatic carbocycles. The van der Waals surface area contributed by atoms with Gasteiger partial charge in [0.05, 0.1) is 5.92 Å². The Labute approximate surface area is 171 Å². The number of benzene rings is 2. The first-order valence-corrected chi connectivity index (χ1v) is 10.2. The maximum Gasteiger partial charge on any atom is 0.231 e. The minimum Gasteiger partial charge on any atom is -0.454 e. The summed E-state index contributed by atoms with van der Waals surface area (Å²) in [6.07, 6.45) is 0. The third-order valence-corrected chi connectivity index (χ3v) is 5.69. The number of halogens is 1. The summed E-state index contributed by atoms with van der Waals surface area (Å²) in [5.74, 6) is 1.37. The van der Waals surface area contributed by atoms with Gasteiger partial charge in [-0.1, -0.05) is 32.0 Å². The molecule has 0 N–H and O–H groups in total. The topological polar surface area (TPSA) is 42.0 Å². The summed E-state index contributed by atoms with van der Waals surface area (Å²) in [5, 5.41) is 0. The Balaban J connectivity index is 1.36. The van der Waals surface area contributed by atoms with Crippen LogP contribution in [0.3, 0.4) is 0 Å². The molecule has 4 rings (SSSR count). The van der Waals surface area contributed by atoms with E-state index in [-0.39, 0.29) is 30.4 Å². The molecule has 2 heterocycles. The van der Waals surface area contributed by atoms with E-state index in [1.54, 1.807) is 12.1 Å². The van der Waals surface area contributed by atoms with E-state index in [0.717, 1.165) is 36.7 Å². The molecule has 0 saturated carbocycles. The van der Waals surface area contributed by atoms with Crippen molar-refractivity contribution in [3.8, 4) is 11.5 Å². The van der Waals surface area contributed by atoms with Crippen LogP contribution in [0.15, 0.2) is 42.5 Å². The van der Waals surface area contributed by atoms with Crippen LogP contribution in [0.25, 0.3) is 0 Å². The second kappa shape index (κ2) is 8.41. The number of nitrogens with zero attached hydrogens (tertiary/aromatic N) is 2. The van der Waals surface area contributed by atoms with Gasteiger partial charge < -0.3 is 14.4 Å². The highest BCUT2D eigenvalue weighted by Gasteiger charge is 2.30. The van der Waals surface area contributed by atoms with Gasteiger partial charge in [0.15, 0.2) is 11.5 Å². The number of hydrogen-bond donors (Lipinski definition) is 0. The average molecular weight is 398 g/mol. The fourth-order valence-corrected chi connectivity index (χ4v) is 4.10. The number of amides is 1. The number of hydrogen-bond acceptors (Lipinski definition) is 4. The number of rotatable bonds is 5. The summed E-state index contributed by atoms with van der Waals surface area (Å²) in [5.41, 5.74) is 2.06. The van der Waals surface area contributed by atoms with Crippen LogP contribution in [0.2, 0.25) is 0 Å². The molecule has 0 aliphatic carbocycles. The first-order valence-electron chi connectivity index (χ1n) is 10.2. The molecule has 1 atom stereocenters. The number of fused-ring (bicyclic) bond motifs is 1. The fraction of sp³-hybridized carbons (Fsp3) is 0.435. The lowest BCUT2D eigenvalue weighted by Crippen LogP contribution is -2.50. The van der Waals surface area contributed by atoms with Gasteiger partial charge in [0, 0.05) is 32.7 Å². The zero-order valence-corrected chi connectivity index (χ0v) is 16.9. The molecule has 2 aliphatic heterocycles. The zero-order valence-electron chi connectivity index (χ0n) is 16.9. The van der Waals surface area contributed by atoms with Gasteiger partial charge in [-0.05, 0) is 41.3 Å². The number of piperazine rings is 1. The Kier molecular flexibility index (Phi) is 5.72. The maximum atomic E-state index is 13.3. The molecule has 0 spiro atoms. The van der Waals surface area contributed by atoms with Crippen molar-refractivity contribution >= 4 is 5.91 Å². The molecule has 1 amide bonds. The van der Waals surface area contributed by atoms with Crippen molar-refractivity contribution in [1.29, 1.82) is 0 Å². The van der Waals surface area contributed by atoms with E-state index in [0.29, 0.717) is 13.1 Å². The van der Waals surface area contributed by atoms with Gasteiger partial charge in [-0.2, -0.15) is 0 Å². The number of carbonyl (C=O) groups is 1. The number of carbonyl (C=O) groups excluding carboxylic acids is 1. The normalized spacial score (nSPS) is 17.6. The Bertz CT molecular complexity index is 861. The molecule has 154 valence electrons. The van der Waals surface area contributed by atoms with E-state index in [1.165, 1.54) is 17.7 Å². The van der Waals surface area contributed by atoms with Gasteiger partial charge in [-0.25, -0.2) is 4.39 Å². The van der Waals surface area contributed by atoms with Crippen molar-refractivity contribution in [2.75, 3.05) is 33.0 Å². The van der Waals surface area contributed by atoms with Gasteiger partial charge in [-0.3, -0.25) is 9.69 Å². The van der Waals surface area contributed by atoms with Crippen molar-refractivity contribution in [3.05, 3.63) is 59.4 Å². The molecule has 1 saturated heterocycles. The Morgan fingerprint density at radius 1 is 1.00 bits per heavy atom. The van der Waals surface area contributed by atoms with Crippen LogP contribution in [-0.4, -0.2) is 48.7 Å². The molecule has 0 bridgehead atoms. The summed E-state index contributed by atoms with van der Waals surface area (Å²) in [7, 11) is 0. The lowest BCUT2D eigenvalue weighted by Gasteiger charge is -2.37. The largest absolute Gasteiger partial charge is 0.454 e. The van der Waals surface area contributed by atoms with E-state index in [1.807, 2.05) is 30.9 Å². The molecular formula is C23H27FN2O3. The summed E-state index contributed by atoms with van der Waals surface area (Å²) in [4.78, 5) is 17.5. The quantitative estimate of drug-likeness (QED) is 0.771. The van der Waals surface area contributed by atoms with Gasteiger partial charge in [-0.15, -0.1) is 0 Å². The van der Waals surface area contributed by atoms with Crippen LogP contribution in [0.1, 0.15) is 30.9 Å². The standard InChI is InChI=1S/C23H27FN2O3/c1-16(2)22(18-4-6-19(24)7-5-18)23(27)26-11-9-25(10-12-26)14-17-3-8-20-21(13-17)29-15-28-20/h3-8,13,16,22H,9-12,14-15H2,1-2H3. The average Bonchev–Trinajstić information content (AvgIpc) is 3.18. The summed E-state index contributed by atoms with van der Waals surface area (Å²) < 4.78 is 24.1. The molecule has 0 radical (unpaired) electrons. The fourth-order valence-electron chi connectivity index (χ4n) is 4.10. The van der Waals surface area contributed by atoms with E-state index in [2.05, 4.69) is 11.0 Å². The highest BCUT2D eigenvalue weighted by molar-refractivity contribution is 5.84. The summed E-state index contributed by atoms with van der Waals surface area (Å²) >= 11 is 0. The highest BCUT2D eigenvalue weighted by atomic mass is 19.1. The van der Waals surface area contributed by atoms with Gasteiger partial charge >= 0.3 is 0 Å². The predicted octanol–water partition coefficient (Wildman–Crippen LogP) is 3.64. The first kappa shape index (κ1) is 19.7. The molecule has 5 nitrogen and oxygen atoms in total. The molecule has 1 fully saturated rings. The van der Waals surface area contributed by atoms with Gasteiger partial charge in [0.1, 0.15) is 5.82 Å². The van der Waals surface area contributed by atoms with Crippen LogP contribution in [0.4, 0.5) is 4.39 Å². The van der Waals surface area contributed by atoms with Crippen molar-refractivity contribution < 1.29 is 18.7 Å². The van der Waals surface area contributed by atoms with Crippen LogP contribution in [0, 0.1) is 11.7 Å². The highest BCUT2D eigenvalue weighted by Crippen LogP contribution is 2.33. The van der Waals surface area contributed by atoms with Crippen LogP contribution in [0.5, 0.6) is 11.5 Å². The van der Waals surface area contributed by atoms with E-state index in [9.17, 15) is 9.18 Å². The molecule has 29 heavy (non-hydrogen) atoms. The van der Waals surface area contributed by atoms with Crippen LogP contribution < -0.4 is 9.47 Å². The third kappa shape index (κ3) is 4.37. The lowest BCUT2D eigenvalue weighted by molar-refractivity contribution is -0.135. The second-order valence-electron chi connectivity index (χ2n) is 8.06. The van der Waals surface area contributed by atoms with Crippen molar-refractivity contribution in [3.63, 3.8) is 0 Å². The molecule has 2 aliphatic rings. The minimum atomic E-state index is -0.277. The van der Waals surface area contributed by atoms with E-state index in [4.69, 9.17) is 9.47 Å². The summed E-state index contributed by atoms with van der Waals surface area (Å²) in [6.45, 7) is 8.25. The molecule has 6 heteroatoms. The molecular weight excluding hydrogens is 371 g/mol. The van der Waals surface area contributed by atoms with E-state index >= 15 is 0 Å². The first-order chi connectivity index (χ1) is 14.0. The monoisotopic (exact) mass is 398 g/mol. The van der Waals surface area contributed by atoms with Crippen molar-refractivity contribution in [2.24, 2.45) is 5.92 Å². The number of ether oxygens (including phenoxy) is 2. The van der Waals surface area contributed by atoms with E-state index < -0.39 is 0 Å². The SMILES string of the molecule is CC(C)C(C(=O)N1CCN(Cc2ccc3c(c2)OCO3)CC1)c1ccc(F)cc1. The maximum absolute atomic E-state index is 13.3. The summed E-state index contributed by atoms with van der Waals surface area (Å²) in [6, 6.07) is 12.4.